The first kappa shape index (κ1) is 18.4. The van der Waals surface area contributed by atoms with E-state index in [1.54, 1.807) is 24.3 Å². The minimum Gasteiger partial charge on any atom is -0.507 e. The Bertz CT molecular complexity index is 1200. The molecule has 29 heavy (non-hydrogen) atoms. The summed E-state index contributed by atoms with van der Waals surface area (Å²) in [6, 6.07) is 20.1. The number of aliphatic hydroxyl groups is 1. The van der Waals surface area contributed by atoms with Gasteiger partial charge in [-0.2, -0.15) is 0 Å². The maximum Gasteiger partial charge on any atom is 0.338 e. The Labute approximate surface area is 166 Å². The molecule has 0 unspecified atom stereocenters. The highest BCUT2D eigenvalue weighted by atomic mass is 19.1. The van der Waals surface area contributed by atoms with Crippen molar-refractivity contribution < 1.29 is 19.0 Å². The first-order valence-electron chi connectivity index (χ1n) is 8.96. The number of carbonyl (C=O) groups excluding carboxylic acids is 1. The molecule has 0 spiro atoms. The van der Waals surface area contributed by atoms with E-state index in [1.165, 1.54) is 24.3 Å². The first-order valence-corrected chi connectivity index (χ1v) is 8.96. The zero-order valence-electron chi connectivity index (χ0n) is 15.3. The minimum absolute atomic E-state index is 0.119. The standard InChI is InChI=1S/C23H17FN2O3/c24-18-8-4-7-16(11-18)21(27)13-22-25-19-10-9-17(12-20(19)26-22)23(28)29-14-15-5-2-1-3-6-15/h1-13,27H,14H2,(H,25,26). The van der Waals surface area contributed by atoms with Crippen LogP contribution in [0.2, 0.25) is 0 Å². The fourth-order valence-electron chi connectivity index (χ4n) is 2.89. The quantitative estimate of drug-likeness (QED) is 0.368. The average Bonchev–Trinajstić information content (AvgIpc) is 3.14. The number of H-pyrrole nitrogens is 1. The van der Waals surface area contributed by atoms with Gasteiger partial charge in [-0.3, -0.25) is 0 Å². The van der Waals surface area contributed by atoms with Crippen molar-refractivity contribution in [3.8, 4) is 0 Å². The summed E-state index contributed by atoms with van der Waals surface area (Å²) in [5.41, 5.74) is 2.89. The van der Waals surface area contributed by atoms with Crippen molar-refractivity contribution in [3.05, 3.63) is 101 Å². The molecule has 3 aromatic carbocycles. The molecule has 0 atom stereocenters. The third-order valence-corrected chi connectivity index (χ3v) is 4.34. The number of halogens is 1. The predicted molar refractivity (Wildman–Crippen MR) is 109 cm³/mol. The van der Waals surface area contributed by atoms with Crippen molar-refractivity contribution in [1.29, 1.82) is 0 Å². The zero-order valence-corrected chi connectivity index (χ0v) is 15.3. The Hall–Kier alpha value is -3.93. The van der Waals surface area contributed by atoms with Crippen LogP contribution in [-0.2, 0) is 11.3 Å². The molecule has 5 nitrogen and oxygen atoms in total. The molecule has 0 aliphatic heterocycles. The van der Waals surface area contributed by atoms with Gasteiger partial charge in [-0.05, 0) is 35.9 Å². The van der Waals surface area contributed by atoms with Crippen LogP contribution in [-0.4, -0.2) is 21.0 Å². The molecule has 2 N–H and O–H groups in total. The Morgan fingerprint density at radius 3 is 2.66 bits per heavy atom. The van der Waals surface area contributed by atoms with Gasteiger partial charge in [-0.1, -0.05) is 42.5 Å². The van der Waals surface area contributed by atoms with Gasteiger partial charge in [0.1, 0.15) is 24.0 Å². The highest BCUT2D eigenvalue weighted by Crippen LogP contribution is 2.19. The predicted octanol–water partition coefficient (Wildman–Crippen LogP) is 5.12. The van der Waals surface area contributed by atoms with Crippen LogP contribution in [0.4, 0.5) is 4.39 Å². The van der Waals surface area contributed by atoms with E-state index in [0.29, 0.717) is 28.0 Å². The number of imidazole rings is 1. The minimum atomic E-state index is -0.440. The summed E-state index contributed by atoms with van der Waals surface area (Å²) in [5.74, 6) is -0.613. The summed E-state index contributed by atoms with van der Waals surface area (Å²) in [7, 11) is 0. The molecule has 0 saturated carbocycles. The molecule has 0 bridgehead atoms. The Kier molecular flexibility index (Phi) is 5.07. The van der Waals surface area contributed by atoms with Gasteiger partial charge in [0.25, 0.3) is 0 Å². The summed E-state index contributed by atoms with van der Waals surface area (Å²) >= 11 is 0. The molecular weight excluding hydrogens is 371 g/mol. The molecule has 1 heterocycles. The molecule has 0 fully saturated rings. The summed E-state index contributed by atoms with van der Waals surface area (Å²) in [6.07, 6.45) is 1.40. The van der Waals surface area contributed by atoms with Gasteiger partial charge in [0.15, 0.2) is 0 Å². The maximum atomic E-state index is 13.3. The smallest absolute Gasteiger partial charge is 0.338 e. The van der Waals surface area contributed by atoms with Crippen LogP contribution in [0, 0.1) is 5.82 Å². The fourth-order valence-corrected chi connectivity index (χ4v) is 2.89. The van der Waals surface area contributed by atoms with Crippen LogP contribution in [0.3, 0.4) is 0 Å². The fraction of sp³-hybridized carbons (Fsp3) is 0.0435. The van der Waals surface area contributed by atoms with Crippen molar-refractivity contribution in [1.82, 2.24) is 9.97 Å². The topological polar surface area (TPSA) is 75.2 Å². The number of rotatable bonds is 5. The lowest BCUT2D eigenvalue weighted by molar-refractivity contribution is 0.0473. The van der Waals surface area contributed by atoms with Crippen molar-refractivity contribution >= 4 is 28.8 Å². The number of ether oxygens (including phenoxy) is 1. The summed E-state index contributed by atoms with van der Waals surface area (Å²) in [4.78, 5) is 19.7. The van der Waals surface area contributed by atoms with E-state index in [9.17, 15) is 14.3 Å². The summed E-state index contributed by atoms with van der Waals surface area (Å²) in [6.45, 7) is 0.191. The molecule has 4 rings (SSSR count). The molecule has 0 radical (unpaired) electrons. The monoisotopic (exact) mass is 388 g/mol. The van der Waals surface area contributed by atoms with Crippen LogP contribution in [0.5, 0.6) is 0 Å². The third-order valence-electron chi connectivity index (χ3n) is 4.34. The lowest BCUT2D eigenvalue weighted by Gasteiger charge is -2.04. The first-order chi connectivity index (χ1) is 14.1. The number of nitrogens with one attached hydrogen (secondary N) is 1. The summed E-state index contributed by atoms with van der Waals surface area (Å²) in [5, 5.41) is 10.2. The number of nitrogens with zero attached hydrogens (tertiary/aromatic N) is 1. The Morgan fingerprint density at radius 2 is 1.86 bits per heavy atom. The number of aliphatic hydroxyl groups excluding tert-OH is 1. The normalized spacial score (nSPS) is 11.6. The lowest BCUT2D eigenvalue weighted by Crippen LogP contribution is -2.05. The second kappa shape index (κ2) is 7.98. The number of hydrogen-bond acceptors (Lipinski definition) is 4. The van der Waals surface area contributed by atoms with Crippen molar-refractivity contribution in [3.63, 3.8) is 0 Å². The third kappa shape index (κ3) is 4.32. The van der Waals surface area contributed by atoms with Crippen molar-refractivity contribution in [2.75, 3.05) is 0 Å². The highest BCUT2D eigenvalue weighted by molar-refractivity contribution is 5.94. The van der Waals surface area contributed by atoms with Crippen LogP contribution in [0.25, 0.3) is 22.9 Å². The Morgan fingerprint density at radius 1 is 1.03 bits per heavy atom. The van der Waals surface area contributed by atoms with E-state index in [4.69, 9.17) is 4.74 Å². The molecule has 1 aromatic heterocycles. The molecule has 4 aromatic rings. The van der Waals surface area contributed by atoms with Gasteiger partial charge >= 0.3 is 5.97 Å². The number of benzene rings is 3. The van der Waals surface area contributed by atoms with Gasteiger partial charge in [0.2, 0.25) is 0 Å². The zero-order chi connectivity index (χ0) is 20.2. The molecule has 0 aliphatic rings. The molecule has 0 amide bonds. The average molecular weight is 388 g/mol. The van der Waals surface area contributed by atoms with Crippen LogP contribution in [0.15, 0.2) is 72.8 Å². The van der Waals surface area contributed by atoms with Gasteiger partial charge < -0.3 is 14.8 Å². The maximum absolute atomic E-state index is 13.3. The van der Waals surface area contributed by atoms with Gasteiger partial charge in [-0.25, -0.2) is 14.2 Å². The molecule has 0 saturated heterocycles. The number of aromatic nitrogens is 2. The second-order valence-electron chi connectivity index (χ2n) is 6.46. The van der Waals surface area contributed by atoms with Crippen LogP contribution < -0.4 is 0 Å². The van der Waals surface area contributed by atoms with E-state index in [1.807, 2.05) is 30.3 Å². The second-order valence-corrected chi connectivity index (χ2v) is 6.46. The van der Waals surface area contributed by atoms with Crippen LogP contribution in [0.1, 0.15) is 27.3 Å². The summed E-state index contributed by atoms with van der Waals surface area (Å²) < 4.78 is 18.7. The molecule has 0 aliphatic carbocycles. The lowest BCUT2D eigenvalue weighted by atomic mass is 10.2. The molecular formula is C23H17FN2O3. The SMILES string of the molecule is O=C(OCc1ccccc1)c1ccc2nc(C=C(O)c3cccc(F)c3)[nH]c2c1. The molecule has 6 heteroatoms. The number of hydrogen-bond donors (Lipinski definition) is 2. The highest BCUT2D eigenvalue weighted by Gasteiger charge is 2.11. The van der Waals surface area contributed by atoms with Gasteiger partial charge in [0, 0.05) is 11.6 Å². The molecule has 144 valence electrons. The number of carbonyl (C=O) groups is 1. The van der Waals surface area contributed by atoms with Gasteiger partial charge in [0.05, 0.1) is 16.6 Å². The van der Waals surface area contributed by atoms with E-state index in [-0.39, 0.29) is 12.4 Å². The van der Waals surface area contributed by atoms with E-state index >= 15 is 0 Å². The van der Waals surface area contributed by atoms with Crippen molar-refractivity contribution in [2.45, 2.75) is 6.61 Å². The Balaban J connectivity index is 1.53. The van der Waals surface area contributed by atoms with E-state index < -0.39 is 11.8 Å². The number of fused-ring (bicyclic) bond motifs is 1. The van der Waals surface area contributed by atoms with Crippen molar-refractivity contribution in [2.24, 2.45) is 0 Å². The van der Waals surface area contributed by atoms with Crippen LogP contribution >= 0.6 is 0 Å². The number of aromatic amines is 1. The largest absolute Gasteiger partial charge is 0.507 e. The number of esters is 1. The van der Waals surface area contributed by atoms with Gasteiger partial charge in [-0.15, -0.1) is 0 Å². The van der Waals surface area contributed by atoms with E-state index in [0.717, 1.165) is 5.56 Å². The van der Waals surface area contributed by atoms with E-state index in [2.05, 4.69) is 9.97 Å².